The van der Waals surface area contributed by atoms with Gasteiger partial charge in [0.2, 0.25) is 10.9 Å². The lowest BCUT2D eigenvalue weighted by molar-refractivity contribution is -0.121. The van der Waals surface area contributed by atoms with Crippen LogP contribution in [0.15, 0.2) is 92.4 Å². The number of rotatable bonds is 6. The molecule has 5 aromatic rings. The van der Waals surface area contributed by atoms with E-state index >= 15 is 0 Å². The lowest BCUT2D eigenvalue weighted by Gasteiger charge is -2.32. The molecule has 0 aliphatic carbocycles. The number of hydrogen-bond acceptors (Lipinski definition) is 8. The maximum Gasteiger partial charge on any atom is 0.297 e. The first-order valence-corrected chi connectivity index (χ1v) is 14.7. The van der Waals surface area contributed by atoms with Crippen LogP contribution in [0.3, 0.4) is 0 Å². The number of fused-ring (bicyclic) bond motifs is 5. The van der Waals surface area contributed by atoms with Crippen molar-refractivity contribution in [2.24, 2.45) is 0 Å². The van der Waals surface area contributed by atoms with E-state index in [0.717, 1.165) is 5.56 Å². The Morgan fingerprint density at radius 2 is 1.68 bits per heavy atom. The van der Waals surface area contributed by atoms with Crippen molar-refractivity contribution in [1.29, 1.82) is 0 Å². The van der Waals surface area contributed by atoms with Crippen molar-refractivity contribution in [3.8, 4) is 0 Å². The molecule has 10 heteroatoms. The quantitative estimate of drug-likeness (QED) is 0.195. The molecule has 0 bridgehead atoms. The highest BCUT2D eigenvalue weighted by atomic mass is 32.2. The van der Waals surface area contributed by atoms with Gasteiger partial charge >= 0.3 is 0 Å². The lowest BCUT2D eigenvalue weighted by atomic mass is 9.84. The number of benzene rings is 3. The van der Waals surface area contributed by atoms with Crippen LogP contribution < -0.4 is 15.2 Å². The van der Waals surface area contributed by atoms with Crippen LogP contribution in [0.25, 0.3) is 11.0 Å². The van der Waals surface area contributed by atoms with E-state index in [0.29, 0.717) is 39.7 Å². The summed E-state index contributed by atoms with van der Waals surface area (Å²) in [7, 11) is 0. The molecule has 2 aliphatic heterocycles. The second-order valence-electron chi connectivity index (χ2n) is 9.58. The van der Waals surface area contributed by atoms with Crippen LogP contribution >= 0.6 is 23.1 Å². The van der Waals surface area contributed by atoms with Gasteiger partial charge < -0.3 is 9.32 Å². The SMILES string of the molecule is CCCN1C(=O)C2(c3ccccc31)c1c(oc3ccccc3c1=O)C(=O)N2c1nnc(SCc2ccccc2)s1. The van der Waals surface area contributed by atoms with Crippen molar-refractivity contribution < 1.29 is 14.0 Å². The van der Waals surface area contributed by atoms with E-state index in [4.69, 9.17) is 4.42 Å². The fraction of sp³-hybridized carbons (Fsp3) is 0.167. The van der Waals surface area contributed by atoms with Crippen LogP contribution in [0.4, 0.5) is 10.8 Å². The van der Waals surface area contributed by atoms with E-state index in [9.17, 15) is 14.4 Å². The summed E-state index contributed by atoms with van der Waals surface area (Å²) in [6.07, 6.45) is 0.697. The van der Waals surface area contributed by atoms with Crippen LogP contribution in [0.5, 0.6) is 0 Å². The number of carbonyl (C=O) groups excluding carboxylic acids is 2. The molecule has 7 rings (SSSR count). The van der Waals surface area contributed by atoms with E-state index in [1.807, 2.05) is 55.5 Å². The Balaban J connectivity index is 1.44. The van der Waals surface area contributed by atoms with Crippen LogP contribution in [0.2, 0.25) is 0 Å². The Labute approximate surface area is 237 Å². The van der Waals surface area contributed by atoms with E-state index < -0.39 is 16.9 Å². The highest BCUT2D eigenvalue weighted by Crippen LogP contribution is 2.54. The van der Waals surface area contributed by atoms with Gasteiger partial charge in [-0.2, -0.15) is 0 Å². The number of para-hydroxylation sites is 2. The minimum atomic E-state index is -1.75. The molecule has 0 saturated heterocycles. The average molecular weight is 567 g/mol. The predicted octanol–water partition coefficient (Wildman–Crippen LogP) is 5.60. The average Bonchev–Trinajstić information content (AvgIpc) is 3.62. The molecule has 3 aromatic carbocycles. The van der Waals surface area contributed by atoms with E-state index in [-0.39, 0.29) is 27.9 Å². The molecule has 1 atom stereocenters. The fourth-order valence-electron chi connectivity index (χ4n) is 5.63. The van der Waals surface area contributed by atoms with Crippen molar-refractivity contribution in [1.82, 2.24) is 10.2 Å². The minimum absolute atomic E-state index is 0.0286. The maximum absolute atomic E-state index is 14.6. The third-order valence-electron chi connectivity index (χ3n) is 7.27. The van der Waals surface area contributed by atoms with Crippen molar-refractivity contribution in [3.63, 3.8) is 0 Å². The fourth-order valence-corrected chi connectivity index (χ4v) is 7.47. The largest absolute Gasteiger partial charge is 0.450 e. The monoisotopic (exact) mass is 566 g/mol. The number of hydrogen-bond donors (Lipinski definition) is 0. The van der Waals surface area contributed by atoms with Gasteiger partial charge in [-0.15, -0.1) is 10.2 Å². The Hall–Kier alpha value is -4.28. The molecule has 198 valence electrons. The summed E-state index contributed by atoms with van der Waals surface area (Å²) >= 11 is 2.71. The molecule has 0 radical (unpaired) electrons. The lowest BCUT2D eigenvalue weighted by Crippen LogP contribution is -2.53. The molecule has 1 spiro atoms. The van der Waals surface area contributed by atoms with Gasteiger partial charge in [0.1, 0.15) is 5.58 Å². The van der Waals surface area contributed by atoms with Crippen LogP contribution in [0.1, 0.15) is 40.6 Å². The molecule has 40 heavy (non-hydrogen) atoms. The first kappa shape index (κ1) is 24.7. The highest BCUT2D eigenvalue weighted by Gasteiger charge is 2.66. The molecule has 2 aromatic heterocycles. The van der Waals surface area contributed by atoms with Crippen LogP contribution in [-0.2, 0) is 16.1 Å². The van der Waals surface area contributed by atoms with Crippen molar-refractivity contribution in [2.75, 3.05) is 16.3 Å². The third kappa shape index (κ3) is 3.42. The number of nitrogens with zero attached hydrogens (tertiary/aromatic N) is 4. The molecule has 2 amide bonds. The number of aromatic nitrogens is 2. The van der Waals surface area contributed by atoms with Gasteiger partial charge in [-0.3, -0.25) is 19.3 Å². The Bertz CT molecular complexity index is 1870. The van der Waals surface area contributed by atoms with E-state index in [1.165, 1.54) is 28.0 Å². The number of carbonyl (C=O) groups is 2. The molecule has 4 heterocycles. The normalized spacial score (nSPS) is 17.7. The smallest absolute Gasteiger partial charge is 0.297 e. The summed E-state index contributed by atoms with van der Waals surface area (Å²) in [6, 6.07) is 24.1. The van der Waals surface area contributed by atoms with Gasteiger partial charge in [0.25, 0.3) is 11.8 Å². The Morgan fingerprint density at radius 1 is 0.925 bits per heavy atom. The Kier molecular flexibility index (Phi) is 5.83. The van der Waals surface area contributed by atoms with Gasteiger partial charge in [0, 0.05) is 17.9 Å². The van der Waals surface area contributed by atoms with Crippen molar-refractivity contribution in [3.05, 3.63) is 112 Å². The zero-order chi connectivity index (χ0) is 27.4. The zero-order valence-corrected chi connectivity index (χ0v) is 23.0. The van der Waals surface area contributed by atoms with Crippen molar-refractivity contribution in [2.45, 2.75) is 29.0 Å². The van der Waals surface area contributed by atoms with Crippen molar-refractivity contribution >= 4 is 56.7 Å². The second-order valence-corrected chi connectivity index (χ2v) is 11.8. The van der Waals surface area contributed by atoms with Crippen LogP contribution in [-0.4, -0.2) is 28.6 Å². The van der Waals surface area contributed by atoms with E-state index in [2.05, 4.69) is 10.2 Å². The number of thioether (sulfide) groups is 1. The summed E-state index contributed by atoms with van der Waals surface area (Å²) in [5.74, 6) is -0.431. The van der Waals surface area contributed by atoms with Gasteiger partial charge in [-0.1, -0.05) is 90.7 Å². The molecule has 8 nitrogen and oxygen atoms in total. The maximum atomic E-state index is 14.6. The number of anilines is 2. The highest BCUT2D eigenvalue weighted by molar-refractivity contribution is 8.00. The molecular formula is C30H22N4O4S2. The first-order chi connectivity index (χ1) is 19.6. The molecule has 2 aliphatic rings. The van der Waals surface area contributed by atoms with Gasteiger partial charge in [-0.25, -0.2) is 0 Å². The Morgan fingerprint density at radius 3 is 2.50 bits per heavy atom. The molecular weight excluding hydrogens is 544 g/mol. The minimum Gasteiger partial charge on any atom is -0.450 e. The number of amides is 2. The van der Waals surface area contributed by atoms with Crippen LogP contribution in [0, 0.1) is 0 Å². The molecule has 1 unspecified atom stereocenters. The zero-order valence-electron chi connectivity index (χ0n) is 21.4. The summed E-state index contributed by atoms with van der Waals surface area (Å²) < 4.78 is 6.74. The standard InChI is InChI=1S/C30H22N4O4S2/c1-2-16-33-21-14-8-7-13-20(21)30(27(33)37)23-24(35)19-12-6-9-15-22(19)38-25(23)26(36)34(30)28-31-32-29(40-28)39-17-18-10-4-3-5-11-18/h3-15H,2,16-17H2,1H3. The molecule has 0 N–H and O–H groups in total. The topological polar surface area (TPSA) is 96.6 Å². The summed E-state index contributed by atoms with van der Waals surface area (Å²) in [5, 5.41) is 9.27. The third-order valence-corrected chi connectivity index (χ3v) is 9.38. The van der Waals surface area contributed by atoms with E-state index in [1.54, 1.807) is 35.2 Å². The van der Waals surface area contributed by atoms with Gasteiger partial charge in [0.05, 0.1) is 16.6 Å². The predicted molar refractivity (Wildman–Crippen MR) is 155 cm³/mol. The molecule has 0 saturated carbocycles. The van der Waals surface area contributed by atoms with Gasteiger partial charge in [0.15, 0.2) is 15.3 Å². The summed E-state index contributed by atoms with van der Waals surface area (Å²) in [5.41, 5.74) is 0.508. The van der Waals surface area contributed by atoms with Gasteiger partial charge in [-0.05, 0) is 30.2 Å². The first-order valence-electron chi connectivity index (χ1n) is 12.9. The summed E-state index contributed by atoms with van der Waals surface area (Å²) in [6.45, 7) is 2.41. The second kappa shape index (κ2) is 9.42. The molecule has 0 fully saturated rings. The summed E-state index contributed by atoms with van der Waals surface area (Å²) in [4.78, 5) is 45.9.